The van der Waals surface area contributed by atoms with Gasteiger partial charge in [0.25, 0.3) is 0 Å². The average Bonchev–Trinajstić information content (AvgIpc) is 2.69. The Bertz CT molecular complexity index is 914. The van der Waals surface area contributed by atoms with E-state index in [0.29, 0.717) is 29.9 Å². The molecule has 9 heteroatoms. The second-order valence-corrected chi connectivity index (χ2v) is 6.52. The van der Waals surface area contributed by atoms with Crippen LogP contribution in [-0.2, 0) is 11.0 Å². The van der Waals surface area contributed by atoms with E-state index in [2.05, 4.69) is 10.3 Å². The zero-order chi connectivity index (χ0) is 22.3. The smallest absolute Gasteiger partial charge is 0.416 e. The molecule has 0 saturated carbocycles. The summed E-state index contributed by atoms with van der Waals surface area (Å²) in [6.07, 6.45) is -3.67. The van der Waals surface area contributed by atoms with Crippen LogP contribution in [0.5, 0.6) is 11.5 Å². The molecule has 0 atom stereocenters. The summed E-state index contributed by atoms with van der Waals surface area (Å²) in [6.45, 7) is 3.55. The molecule has 1 aromatic heterocycles. The third-order valence-corrected chi connectivity index (χ3v) is 4.16. The Morgan fingerprint density at radius 3 is 2.50 bits per heavy atom. The number of Topliss-reactive ketones (excluding diaryl/α,β-unsaturated/α-hetero) is 1. The number of halogens is 3. The first-order valence-electron chi connectivity index (χ1n) is 9.33. The standard InChI is InChI=1S/C21H23F3N2O4/c1-4-20(28)26-19-11-14(10-13(2)25-19)16(27)6-5-9-30-17-8-7-15(21(22,23)24)12-18(17)29-3/h7-8,10-12H,4-6,9H2,1-3H3,(H,25,26,28). The fraction of sp³-hybridized carbons (Fsp3) is 0.381. The highest BCUT2D eigenvalue weighted by atomic mass is 19.4. The first-order valence-corrected chi connectivity index (χ1v) is 9.33. The van der Waals surface area contributed by atoms with Gasteiger partial charge in [-0.15, -0.1) is 0 Å². The lowest BCUT2D eigenvalue weighted by molar-refractivity contribution is -0.137. The fourth-order valence-electron chi connectivity index (χ4n) is 2.65. The Kier molecular flexibility index (Phi) is 7.79. The highest BCUT2D eigenvalue weighted by Crippen LogP contribution is 2.36. The van der Waals surface area contributed by atoms with Crippen molar-refractivity contribution in [3.8, 4) is 11.5 Å². The van der Waals surface area contributed by atoms with E-state index in [4.69, 9.17) is 9.47 Å². The van der Waals surface area contributed by atoms with Gasteiger partial charge in [-0.2, -0.15) is 13.2 Å². The maximum absolute atomic E-state index is 12.8. The summed E-state index contributed by atoms with van der Waals surface area (Å²) >= 11 is 0. The van der Waals surface area contributed by atoms with E-state index in [1.807, 2.05) is 0 Å². The third kappa shape index (κ3) is 6.47. The number of carbonyl (C=O) groups excluding carboxylic acids is 2. The molecule has 0 radical (unpaired) electrons. The molecular weight excluding hydrogens is 401 g/mol. The number of benzene rings is 1. The Labute approximate surface area is 172 Å². The Hall–Kier alpha value is -3.10. The summed E-state index contributed by atoms with van der Waals surface area (Å²) in [5, 5.41) is 2.62. The molecule has 2 rings (SSSR count). The second-order valence-electron chi connectivity index (χ2n) is 6.52. The normalized spacial score (nSPS) is 11.1. The number of pyridine rings is 1. The minimum Gasteiger partial charge on any atom is -0.493 e. The van der Waals surface area contributed by atoms with Crippen molar-refractivity contribution >= 4 is 17.5 Å². The summed E-state index contributed by atoms with van der Waals surface area (Å²) in [5.74, 6) is 0.0938. The molecule has 1 heterocycles. The average molecular weight is 424 g/mol. The lowest BCUT2D eigenvalue weighted by Gasteiger charge is -2.13. The zero-order valence-electron chi connectivity index (χ0n) is 16.9. The number of amides is 1. The highest BCUT2D eigenvalue weighted by Gasteiger charge is 2.31. The first kappa shape index (κ1) is 23.2. The Morgan fingerprint density at radius 1 is 1.13 bits per heavy atom. The van der Waals surface area contributed by atoms with Gasteiger partial charge >= 0.3 is 6.18 Å². The van der Waals surface area contributed by atoms with E-state index in [9.17, 15) is 22.8 Å². The van der Waals surface area contributed by atoms with E-state index in [-0.39, 0.29) is 36.2 Å². The molecular formula is C21H23F3N2O4. The van der Waals surface area contributed by atoms with Gasteiger partial charge in [-0.25, -0.2) is 4.98 Å². The fourth-order valence-corrected chi connectivity index (χ4v) is 2.65. The maximum atomic E-state index is 12.8. The lowest BCUT2D eigenvalue weighted by atomic mass is 10.1. The summed E-state index contributed by atoms with van der Waals surface area (Å²) in [5.41, 5.74) is 0.180. The van der Waals surface area contributed by atoms with Crippen LogP contribution in [0.25, 0.3) is 0 Å². The largest absolute Gasteiger partial charge is 0.493 e. The van der Waals surface area contributed by atoms with Crippen LogP contribution in [0.1, 0.15) is 47.8 Å². The van der Waals surface area contributed by atoms with Gasteiger partial charge in [0.05, 0.1) is 19.3 Å². The molecule has 0 aliphatic rings. The number of alkyl halides is 3. The van der Waals surface area contributed by atoms with Gasteiger partial charge in [0, 0.05) is 24.1 Å². The summed E-state index contributed by atoms with van der Waals surface area (Å²) in [4.78, 5) is 28.2. The molecule has 0 fully saturated rings. The molecule has 1 N–H and O–H groups in total. The number of nitrogens with one attached hydrogen (secondary N) is 1. The van der Waals surface area contributed by atoms with Gasteiger partial charge in [0.15, 0.2) is 17.3 Å². The molecule has 0 spiro atoms. The summed E-state index contributed by atoms with van der Waals surface area (Å²) in [7, 11) is 1.26. The number of methoxy groups -OCH3 is 1. The molecule has 0 unspecified atom stereocenters. The SMILES string of the molecule is CCC(=O)Nc1cc(C(=O)CCCOc2ccc(C(F)(F)F)cc2OC)cc(C)n1. The van der Waals surface area contributed by atoms with Crippen molar-refractivity contribution in [1.29, 1.82) is 0 Å². The molecule has 0 aliphatic carbocycles. The van der Waals surface area contributed by atoms with Gasteiger partial charge in [-0.1, -0.05) is 6.92 Å². The number of carbonyl (C=O) groups is 2. The van der Waals surface area contributed by atoms with Gasteiger partial charge in [0.1, 0.15) is 5.82 Å². The van der Waals surface area contributed by atoms with Crippen LogP contribution in [0.2, 0.25) is 0 Å². The number of nitrogens with zero attached hydrogens (tertiary/aromatic N) is 1. The predicted octanol–water partition coefficient (Wildman–Crippen LogP) is 4.81. The third-order valence-electron chi connectivity index (χ3n) is 4.16. The minimum atomic E-state index is -4.48. The van der Waals surface area contributed by atoms with Crippen LogP contribution in [-0.4, -0.2) is 30.4 Å². The van der Waals surface area contributed by atoms with Crippen molar-refractivity contribution in [2.45, 2.75) is 39.3 Å². The monoisotopic (exact) mass is 424 g/mol. The number of hydrogen-bond donors (Lipinski definition) is 1. The second kappa shape index (κ2) is 10.1. The molecule has 0 bridgehead atoms. The Morgan fingerprint density at radius 2 is 1.87 bits per heavy atom. The van der Waals surface area contributed by atoms with E-state index < -0.39 is 11.7 Å². The molecule has 2 aromatic rings. The number of aromatic nitrogens is 1. The van der Waals surface area contributed by atoms with Crippen LogP contribution in [0.15, 0.2) is 30.3 Å². The maximum Gasteiger partial charge on any atom is 0.416 e. The number of hydrogen-bond acceptors (Lipinski definition) is 5. The van der Waals surface area contributed by atoms with Crippen LogP contribution in [0, 0.1) is 6.92 Å². The zero-order valence-corrected chi connectivity index (χ0v) is 16.9. The van der Waals surface area contributed by atoms with Gasteiger partial charge in [0.2, 0.25) is 5.91 Å². The van der Waals surface area contributed by atoms with Gasteiger partial charge in [-0.3, -0.25) is 9.59 Å². The Balaban J connectivity index is 1.95. The highest BCUT2D eigenvalue weighted by molar-refractivity contribution is 5.98. The van der Waals surface area contributed by atoms with Crippen molar-refractivity contribution in [3.63, 3.8) is 0 Å². The molecule has 1 aromatic carbocycles. The van der Waals surface area contributed by atoms with E-state index in [0.717, 1.165) is 12.1 Å². The first-order chi connectivity index (χ1) is 14.1. The number of anilines is 1. The number of ether oxygens (including phenoxy) is 2. The van der Waals surface area contributed by atoms with Crippen LogP contribution < -0.4 is 14.8 Å². The van der Waals surface area contributed by atoms with E-state index >= 15 is 0 Å². The topological polar surface area (TPSA) is 77.5 Å². The molecule has 0 saturated heterocycles. The lowest BCUT2D eigenvalue weighted by Crippen LogP contribution is -2.12. The number of rotatable bonds is 9. The van der Waals surface area contributed by atoms with Crippen molar-refractivity contribution < 1.29 is 32.2 Å². The summed E-state index contributed by atoms with van der Waals surface area (Å²) < 4.78 is 48.8. The minimum absolute atomic E-state index is 0.0304. The number of ketones is 1. The van der Waals surface area contributed by atoms with Gasteiger partial charge < -0.3 is 14.8 Å². The van der Waals surface area contributed by atoms with Crippen molar-refractivity contribution in [1.82, 2.24) is 4.98 Å². The van der Waals surface area contributed by atoms with E-state index in [1.165, 1.54) is 19.2 Å². The predicted molar refractivity (Wildman–Crippen MR) is 105 cm³/mol. The van der Waals surface area contributed by atoms with Crippen molar-refractivity contribution in [3.05, 3.63) is 47.2 Å². The molecule has 0 aliphatic heterocycles. The molecule has 162 valence electrons. The molecule has 30 heavy (non-hydrogen) atoms. The summed E-state index contributed by atoms with van der Waals surface area (Å²) in [6, 6.07) is 6.12. The quantitative estimate of drug-likeness (QED) is 0.462. The van der Waals surface area contributed by atoms with Crippen LogP contribution >= 0.6 is 0 Å². The van der Waals surface area contributed by atoms with Gasteiger partial charge in [-0.05, 0) is 43.7 Å². The van der Waals surface area contributed by atoms with Crippen LogP contribution in [0.3, 0.4) is 0 Å². The van der Waals surface area contributed by atoms with Crippen molar-refractivity contribution in [2.75, 3.05) is 19.0 Å². The molecule has 6 nitrogen and oxygen atoms in total. The van der Waals surface area contributed by atoms with E-state index in [1.54, 1.807) is 19.9 Å². The van der Waals surface area contributed by atoms with Crippen molar-refractivity contribution in [2.24, 2.45) is 0 Å². The van der Waals surface area contributed by atoms with Crippen LogP contribution in [0.4, 0.5) is 19.0 Å². The number of aryl methyl sites for hydroxylation is 1. The molecule has 1 amide bonds.